The van der Waals surface area contributed by atoms with Crippen molar-refractivity contribution in [3.63, 3.8) is 0 Å². The van der Waals surface area contributed by atoms with Crippen molar-refractivity contribution in [3.8, 4) is 0 Å². The minimum atomic E-state index is -0.755. The lowest BCUT2D eigenvalue weighted by Crippen LogP contribution is -2.52. The minimum absolute atomic E-state index is 0.118. The topological polar surface area (TPSA) is 89.5 Å². The Morgan fingerprint density at radius 1 is 1.62 bits per heavy atom. The van der Waals surface area contributed by atoms with Gasteiger partial charge in [0.15, 0.2) is 6.10 Å². The van der Waals surface area contributed by atoms with E-state index in [1.165, 1.54) is 0 Å². The molecule has 114 valence electrons. The van der Waals surface area contributed by atoms with E-state index in [2.05, 4.69) is 15.6 Å². The number of hydrogen-bond donors (Lipinski definition) is 2. The molecule has 0 unspecified atom stereocenters. The standard InChI is InChI=1S/C14H19N3O4/c1-20-7-3-6-16-14(19)13-12(17-11(18)9-21-13)10-4-2-5-15-8-10/h2,4-5,8,12-13H,3,6-7,9H2,1H3,(H,16,19)(H,17,18)/t12-,13+/m1/s1. The van der Waals surface area contributed by atoms with Crippen molar-refractivity contribution in [2.24, 2.45) is 0 Å². The largest absolute Gasteiger partial charge is 0.385 e. The van der Waals surface area contributed by atoms with Crippen LogP contribution in [0.1, 0.15) is 18.0 Å². The van der Waals surface area contributed by atoms with Crippen LogP contribution in [-0.4, -0.2) is 49.8 Å². The minimum Gasteiger partial charge on any atom is -0.385 e. The third-order valence-corrected chi connectivity index (χ3v) is 3.14. The Morgan fingerprint density at radius 2 is 2.48 bits per heavy atom. The van der Waals surface area contributed by atoms with Gasteiger partial charge in [-0.1, -0.05) is 6.07 Å². The van der Waals surface area contributed by atoms with Gasteiger partial charge in [-0.3, -0.25) is 14.6 Å². The predicted molar refractivity (Wildman–Crippen MR) is 74.4 cm³/mol. The average Bonchev–Trinajstić information content (AvgIpc) is 2.52. The maximum Gasteiger partial charge on any atom is 0.251 e. The molecule has 0 radical (unpaired) electrons. The summed E-state index contributed by atoms with van der Waals surface area (Å²) in [5, 5.41) is 5.56. The molecule has 0 bridgehead atoms. The number of hydrogen-bond acceptors (Lipinski definition) is 5. The Kier molecular flexibility index (Phi) is 5.65. The summed E-state index contributed by atoms with van der Waals surface area (Å²) in [7, 11) is 1.61. The predicted octanol–water partition coefficient (Wildman–Crippen LogP) is -0.210. The van der Waals surface area contributed by atoms with Gasteiger partial charge in [0.2, 0.25) is 5.91 Å². The van der Waals surface area contributed by atoms with Crippen LogP contribution in [0.5, 0.6) is 0 Å². The number of amides is 2. The lowest BCUT2D eigenvalue weighted by Gasteiger charge is -2.31. The first-order valence-electron chi connectivity index (χ1n) is 6.80. The fourth-order valence-corrected chi connectivity index (χ4v) is 2.13. The molecule has 7 heteroatoms. The zero-order valence-corrected chi connectivity index (χ0v) is 11.9. The van der Waals surface area contributed by atoms with E-state index in [0.717, 1.165) is 12.0 Å². The average molecular weight is 293 g/mol. The van der Waals surface area contributed by atoms with Gasteiger partial charge >= 0.3 is 0 Å². The molecule has 2 rings (SSSR count). The van der Waals surface area contributed by atoms with Gasteiger partial charge in [-0.15, -0.1) is 0 Å². The summed E-state index contributed by atoms with van der Waals surface area (Å²) in [6.07, 6.45) is 3.22. The molecule has 2 amide bonds. The molecule has 1 saturated heterocycles. The van der Waals surface area contributed by atoms with Crippen molar-refractivity contribution >= 4 is 11.8 Å². The summed E-state index contributed by atoms with van der Waals surface area (Å²) in [6.45, 7) is 0.960. The van der Waals surface area contributed by atoms with Crippen LogP contribution < -0.4 is 10.6 Å². The van der Waals surface area contributed by atoms with Gasteiger partial charge in [0.05, 0.1) is 6.04 Å². The third kappa shape index (κ3) is 4.24. The van der Waals surface area contributed by atoms with Gasteiger partial charge in [0.1, 0.15) is 6.61 Å². The fourth-order valence-electron chi connectivity index (χ4n) is 2.13. The Morgan fingerprint density at radius 3 is 3.19 bits per heavy atom. The van der Waals surface area contributed by atoms with E-state index in [1.54, 1.807) is 31.6 Å². The second kappa shape index (κ2) is 7.70. The number of pyridine rings is 1. The molecular weight excluding hydrogens is 274 g/mol. The van der Waals surface area contributed by atoms with E-state index in [4.69, 9.17) is 9.47 Å². The summed E-state index contributed by atoms with van der Waals surface area (Å²) in [5.41, 5.74) is 0.739. The van der Waals surface area contributed by atoms with Gasteiger partial charge in [0, 0.05) is 32.7 Å². The summed E-state index contributed by atoms with van der Waals surface area (Å²) < 4.78 is 10.3. The maximum absolute atomic E-state index is 12.2. The first-order chi connectivity index (χ1) is 10.2. The van der Waals surface area contributed by atoms with Crippen molar-refractivity contribution in [3.05, 3.63) is 30.1 Å². The lowest BCUT2D eigenvalue weighted by atomic mass is 10.0. The quantitative estimate of drug-likeness (QED) is 0.708. The zero-order valence-electron chi connectivity index (χ0n) is 11.9. The monoisotopic (exact) mass is 293 g/mol. The number of rotatable bonds is 6. The van der Waals surface area contributed by atoms with E-state index >= 15 is 0 Å². The Labute approximate surface area is 123 Å². The van der Waals surface area contributed by atoms with Crippen molar-refractivity contribution in [1.29, 1.82) is 0 Å². The van der Waals surface area contributed by atoms with Crippen LogP contribution >= 0.6 is 0 Å². The van der Waals surface area contributed by atoms with Crippen LogP contribution in [0, 0.1) is 0 Å². The van der Waals surface area contributed by atoms with Crippen molar-refractivity contribution in [2.45, 2.75) is 18.6 Å². The summed E-state index contributed by atoms with van der Waals surface area (Å²) in [5.74, 6) is -0.493. The van der Waals surface area contributed by atoms with E-state index < -0.39 is 12.1 Å². The number of methoxy groups -OCH3 is 1. The molecule has 1 aromatic heterocycles. The molecule has 0 aromatic carbocycles. The Bertz CT molecular complexity index is 480. The van der Waals surface area contributed by atoms with E-state index in [9.17, 15) is 9.59 Å². The van der Waals surface area contributed by atoms with Crippen molar-refractivity contribution < 1.29 is 19.1 Å². The highest BCUT2D eigenvalue weighted by atomic mass is 16.5. The number of carbonyl (C=O) groups is 2. The molecule has 1 aliphatic rings. The second-order valence-corrected chi connectivity index (χ2v) is 4.70. The molecule has 2 N–H and O–H groups in total. The first kappa shape index (κ1) is 15.4. The molecule has 0 spiro atoms. The molecule has 1 fully saturated rings. The summed E-state index contributed by atoms with van der Waals surface area (Å²) in [4.78, 5) is 27.7. The number of morpholine rings is 1. The van der Waals surface area contributed by atoms with Gasteiger partial charge in [-0.05, 0) is 18.1 Å². The molecule has 2 atom stereocenters. The van der Waals surface area contributed by atoms with Crippen LogP contribution in [0.3, 0.4) is 0 Å². The van der Waals surface area contributed by atoms with Gasteiger partial charge in [-0.25, -0.2) is 0 Å². The van der Waals surface area contributed by atoms with Crippen LogP contribution in [-0.2, 0) is 19.1 Å². The number of ether oxygens (including phenoxy) is 2. The van der Waals surface area contributed by atoms with Crippen molar-refractivity contribution in [2.75, 3.05) is 26.9 Å². The first-order valence-corrected chi connectivity index (χ1v) is 6.80. The highest BCUT2D eigenvalue weighted by molar-refractivity contribution is 5.86. The Balaban J connectivity index is 2.01. The number of nitrogens with zero attached hydrogens (tertiary/aromatic N) is 1. The molecule has 1 aromatic rings. The number of nitrogens with one attached hydrogen (secondary N) is 2. The number of carbonyl (C=O) groups excluding carboxylic acids is 2. The van der Waals surface area contributed by atoms with Gasteiger partial charge < -0.3 is 20.1 Å². The molecule has 21 heavy (non-hydrogen) atoms. The smallest absolute Gasteiger partial charge is 0.251 e. The normalized spacial score (nSPS) is 21.7. The van der Waals surface area contributed by atoms with Crippen LogP contribution in [0.2, 0.25) is 0 Å². The van der Waals surface area contributed by atoms with Crippen LogP contribution in [0.25, 0.3) is 0 Å². The fraction of sp³-hybridized carbons (Fsp3) is 0.500. The molecule has 7 nitrogen and oxygen atoms in total. The summed E-state index contributed by atoms with van der Waals surface area (Å²) in [6, 6.07) is 3.03. The van der Waals surface area contributed by atoms with Crippen LogP contribution in [0.4, 0.5) is 0 Å². The molecule has 0 aliphatic carbocycles. The molecule has 0 saturated carbocycles. The van der Waals surface area contributed by atoms with Gasteiger partial charge in [0.25, 0.3) is 5.91 Å². The molecule has 1 aliphatic heterocycles. The highest BCUT2D eigenvalue weighted by Gasteiger charge is 2.35. The molecule has 2 heterocycles. The second-order valence-electron chi connectivity index (χ2n) is 4.70. The van der Waals surface area contributed by atoms with E-state index in [0.29, 0.717) is 13.2 Å². The number of aromatic nitrogens is 1. The molecular formula is C14H19N3O4. The Hall–Kier alpha value is -1.99. The maximum atomic E-state index is 12.2. The SMILES string of the molecule is COCCCNC(=O)[C@H]1OCC(=O)N[C@@H]1c1cccnc1. The van der Waals surface area contributed by atoms with E-state index in [-0.39, 0.29) is 18.4 Å². The third-order valence-electron chi connectivity index (χ3n) is 3.14. The lowest BCUT2D eigenvalue weighted by molar-refractivity contribution is -0.148. The van der Waals surface area contributed by atoms with E-state index in [1.807, 2.05) is 0 Å². The highest BCUT2D eigenvalue weighted by Crippen LogP contribution is 2.21. The zero-order chi connectivity index (χ0) is 15.1. The van der Waals surface area contributed by atoms with Crippen molar-refractivity contribution in [1.82, 2.24) is 15.6 Å². The van der Waals surface area contributed by atoms with Crippen LogP contribution in [0.15, 0.2) is 24.5 Å². The van der Waals surface area contributed by atoms with Gasteiger partial charge in [-0.2, -0.15) is 0 Å². The summed E-state index contributed by atoms with van der Waals surface area (Å²) >= 11 is 0.